The minimum absolute atomic E-state index is 0.198. The average molecular weight is 429 g/mol. The molecule has 2 aliphatic heterocycles. The van der Waals surface area contributed by atoms with Crippen molar-refractivity contribution in [2.75, 3.05) is 62.3 Å². The van der Waals surface area contributed by atoms with E-state index in [9.17, 15) is 13.7 Å². The summed E-state index contributed by atoms with van der Waals surface area (Å²) < 4.78 is 33.2. The molecule has 0 spiro atoms. The van der Waals surface area contributed by atoms with Crippen LogP contribution in [0.1, 0.15) is 12.0 Å². The molecule has 0 unspecified atom stereocenters. The fourth-order valence-corrected chi connectivity index (χ4v) is 5.15. The van der Waals surface area contributed by atoms with Gasteiger partial charge < -0.3 is 14.5 Å². The summed E-state index contributed by atoms with van der Waals surface area (Å²) in [5, 5.41) is 9.33. The molecule has 10 heteroatoms. The molecule has 0 aromatic carbocycles. The minimum atomic E-state index is -3.64. The van der Waals surface area contributed by atoms with Gasteiger partial charge in [-0.05, 0) is 30.7 Å². The third-order valence-electron chi connectivity index (χ3n) is 5.36. The maximum Gasteiger partial charge on any atom is 0.244 e. The van der Waals surface area contributed by atoms with Crippen LogP contribution in [0, 0.1) is 11.3 Å². The highest BCUT2D eigenvalue weighted by Gasteiger charge is 2.28. The smallest absolute Gasteiger partial charge is 0.244 e. The number of hydrogen-bond donors (Lipinski definition) is 0. The Morgan fingerprint density at radius 3 is 2.53 bits per heavy atom. The Labute approximate surface area is 176 Å². The highest BCUT2D eigenvalue weighted by molar-refractivity contribution is 7.89. The van der Waals surface area contributed by atoms with Crippen molar-refractivity contribution in [2.24, 2.45) is 0 Å². The van der Waals surface area contributed by atoms with Gasteiger partial charge in [-0.3, -0.25) is 0 Å². The number of nitriles is 1. The van der Waals surface area contributed by atoms with Crippen LogP contribution in [-0.2, 0) is 14.8 Å². The van der Waals surface area contributed by atoms with Crippen molar-refractivity contribution >= 4 is 21.7 Å². The first-order valence-electron chi connectivity index (χ1n) is 9.98. The number of sulfonamides is 1. The van der Waals surface area contributed by atoms with Gasteiger partial charge in [0.25, 0.3) is 0 Å². The van der Waals surface area contributed by atoms with E-state index in [1.807, 2.05) is 4.90 Å². The summed E-state index contributed by atoms with van der Waals surface area (Å²) in [5.74, 6) is 1.37. The number of nitrogens with zero attached hydrogens (tertiary/aromatic N) is 6. The van der Waals surface area contributed by atoms with Gasteiger partial charge in [0, 0.05) is 51.7 Å². The maximum atomic E-state index is 13.2. The third kappa shape index (κ3) is 4.23. The second-order valence-corrected chi connectivity index (χ2v) is 9.12. The summed E-state index contributed by atoms with van der Waals surface area (Å²) in [7, 11) is -3.64. The first kappa shape index (κ1) is 20.5. The van der Waals surface area contributed by atoms with Crippen LogP contribution in [0.5, 0.6) is 0 Å². The number of anilines is 2. The van der Waals surface area contributed by atoms with E-state index in [0.717, 1.165) is 18.9 Å². The van der Waals surface area contributed by atoms with Gasteiger partial charge in [0.15, 0.2) is 0 Å². The number of ether oxygens (including phenoxy) is 1. The van der Waals surface area contributed by atoms with Crippen molar-refractivity contribution in [3.63, 3.8) is 0 Å². The molecule has 30 heavy (non-hydrogen) atoms. The second kappa shape index (κ2) is 8.95. The lowest BCUT2D eigenvalue weighted by atomic mass is 10.2. The van der Waals surface area contributed by atoms with Crippen LogP contribution >= 0.6 is 0 Å². The van der Waals surface area contributed by atoms with Crippen molar-refractivity contribution in [1.29, 1.82) is 5.26 Å². The van der Waals surface area contributed by atoms with E-state index in [1.54, 1.807) is 30.5 Å². The predicted octanol–water partition coefficient (Wildman–Crippen LogP) is 1.09. The normalized spacial score (nSPS) is 18.6. The van der Waals surface area contributed by atoms with Crippen LogP contribution < -0.4 is 9.80 Å². The largest absolute Gasteiger partial charge is 0.378 e. The summed E-state index contributed by atoms with van der Waals surface area (Å²) in [6.45, 7) is 4.66. The topological polar surface area (TPSA) is 103 Å². The van der Waals surface area contributed by atoms with Gasteiger partial charge in [-0.2, -0.15) is 9.57 Å². The molecule has 4 rings (SSSR count). The van der Waals surface area contributed by atoms with Gasteiger partial charge in [0.05, 0.1) is 18.8 Å². The molecule has 2 aromatic rings. The highest BCUT2D eigenvalue weighted by atomic mass is 32.2. The first-order chi connectivity index (χ1) is 14.6. The molecule has 158 valence electrons. The van der Waals surface area contributed by atoms with Crippen molar-refractivity contribution in [3.05, 3.63) is 42.2 Å². The summed E-state index contributed by atoms with van der Waals surface area (Å²) in [6, 6.07) is 9.00. The van der Waals surface area contributed by atoms with Crippen molar-refractivity contribution in [3.8, 4) is 6.07 Å². The molecule has 0 atom stereocenters. The standard InChI is InChI=1S/C20H24N6O3S/c21-15-17-3-1-6-22-20(17)25-7-2-8-26(10-9-25)30(27,28)18-4-5-19(23-16-18)24-11-13-29-14-12-24/h1,3-6,16H,2,7-14H2. The fourth-order valence-electron chi connectivity index (χ4n) is 3.74. The number of pyridine rings is 2. The molecule has 9 nitrogen and oxygen atoms in total. The molecule has 2 fully saturated rings. The Morgan fingerprint density at radius 2 is 1.80 bits per heavy atom. The quantitative estimate of drug-likeness (QED) is 0.713. The van der Waals surface area contributed by atoms with Gasteiger partial charge in [-0.1, -0.05) is 0 Å². The second-order valence-electron chi connectivity index (χ2n) is 7.18. The van der Waals surface area contributed by atoms with Crippen molar-refractivity contribution in [1.82, 2.24) is 14.3 Å². The predicted molar refractivity (Wildman–Crippen MR) is 112 cm³/mol. The molecular formula is C20H24N6O3S. The highest BCUT2D eigenvalue weighted by Crippen LogP contribution is 2.23. The van der Waals surface area contributed by atoms with Crippen molar-refractivity contribution in [2.45, 2.75) is 11.3 Å². The van der Waals surface area contributed by atoms with Gasteiger partial charge in [-0.25, -0.2) is 18.4 Å². The van der Waals surface area contributed by atoms with Gasteiger partial charge in [-0.15, -0.1) is 0 Å². The van der Waals surface area contributed by atoms with Crippen molar-refractivity contribution < 1.29 is 13.2 Å². The van der Waals surface area contributed by atoms with E-state index in [4.69, 9.17) is 4.74 Å². The molecule has 2 saturated heterocycles. The van der Waals surface area contributed by atoms with E-state index in [1.165, 1.54) is 10.5 Å². The molecule has 0 bridgehead atoms. The molecule has 0 amide bonds. The number of rotatable bonds is 4. The van der Waals surface area contributed by atoms with E-state index in [0.29, 0.717) is 57.2 Å². The maximum absolute atomic E-state index is 13.2. The van der Waals surface area contributed by atoms with Gasteiger partial charge in [0.1, 0.15) is 22.6 Å². The molecular weight excluding hydrogens is 404 g/mol. The van der Waals surface area contributed by atoms with Crippen LogP contribution in [0.25, 0.3) is 0 Å². The fraction of sp³-hybridized carbons (Fsp3) is 0.450. The Morgan fingerprint density at radius 1 is 0.967 bits per heavy atom. The lowest BCUT2D eigenvalue weighted by Crippen LogP contribution is -2.37. The summed E-state index contributed by atoms with van der Waals surface area (Å²) >= 11 is 0. The van der Waals surface area contributed by atoms with Crippen LogP contribution in [0.4, 0.5) is 11.6 Å². The minimum Gasteiger partial charge on any atom is -0.378 e. The Balaban J connectivity index is 1.47. The van der Waals surface area contributed by atoms with Crippen LogP contribution in [-0.4, -0.2) is 75.2 Å². The van der Waals surface area contributed by atoms with Gasteiger partial charge >= 0.3 is 0 Å². The van der Waals surface area contributed by atoms with E-state index >= 15 is 0 Å². The zero-order chi connectivity index (χ0) is 21.0. The van der Waals surface area contributed by atoms with E-state index < -0.39 is 10.0 Å². The third-order valence-corrected chi connectivity index (χ3v) is 7.24. The van der Waals surface area contributed by atoms with Crippen LogP contribution in [0.15, 0.2) is 41.6 Å². The Bertz CT molecular complexity index is 1020. The van der Waals surface area contributed by atoms with E-state index in [-0.39, 0.29) is 4.90 Å². The van der Waals surface area contributed by atoms with Crippen LogP contribution in [0.3, 0.4) is 0 Å². The number of aromatic nitrogens is 2. The number of hydrogen-bond acceptors (Lipinski definition) is 8. The molecule has 2 aromatic heterocycles. The Hall–Kier alpha value is -2.74. The lowest BCUT2D eigenvalue weighted by Gasteiger charge is -2.28. The monoisotopic (exact) mass is 428 g/mol. The molecule has 0 radical (unpaired) electrons. The number of morpholine rings is 1. The summed E-state index contributed by atoms with van der Waals surface area (Å²) in [4.78, 5) is 13.0. The average Bonchev–Trinajstić information content (AvgIpc) is 3.06. The molecule has 0 aliphatic carbocycles. The molecule has 2 aliphatic rings. The van der Waals surface area contributed by atoms with Crippen LogP contribution in [0.2, 0.25) is 0 Å². The Kier molecular flexibility index (Phi) is 6.13. The van der Waals surface area contributed by atoms with E-state index in [2.05, 4.69) is 20.9 Å². The molecule has 0 N–H and O–H groups in total. The zero-order valence-corrected chi connectivity index (χ0v) is 17.5. The summed E-state index contributed by atoms with van der Waals surface area (Å²) in [5.41, 5.74) is 0.497. The first-order valence-corrected chi connectivity index (χ1v) is 11.4. The summed E-state index contributed by atoms with van der Waals surface area (Å²) in [6.07, 6.45) is 3.74. The SMILES string of the molecule is N#Cc1cccnc1N1CCCN(S(=O)(=O)c2ccc(N3CCOCC3)nc2)CC1. The molecule has 4 heterocycles. The zero-order valence-electron chi connectivity index (χ0n) is 16.6. The molecule has 0 saturated carbocycles. The lowest BCUT2D eigenvalue weighted by molar-refractivity contribution is 0.122. The van der Waals surface area contributed by atoms with Gasteiger partial charge in [0.2, 0.25) is 10.0 Å².